The van der Waals surface area contributed by atoms with Crippen LogP contribution in [0, 0.1) is 6.92 Å². The second-order valence-corrected chi connectivity index (χ2v) is 7.42. The van der Waals surface area contributed by atoms with E-state index in [0.717, 1.165) is 17.1 Å². The second kappa shape index (κ2) is 5.60. The quantitative estimate of drug-likeness (QED) is 0.504. The van der Waals surface area contributed by atoms with E-state index >= 15 is 0 Å². The zero-order valence-electron chi connectivity index (χ0n) is 9.67. The Morgan fingerprint density at radius 2 is 2.47 bits per heavy atom. The van der Waals surface area contributed by atoms with Gasteiger partial charge in [0.2, 0.25) is 5.91 Å². The van der Waals surface area contributed by atoms with Gasteiger partial charge < -0.3 is 0 Å². The van der Waals surface area contributed by atoms with Gasteiger partial charge in [-0.25, -0.2) is 10.8 Å². The van der Waals surface area contributed by atoms with Gasteiger partial charge in [-0.1, -0.05) is 0 Å². The summed E-state index contributed by atoms with van der Waals surface area (Å²) in [7, 11) is 0. The van der Waals surface area contributed by atoms with Gasteiger partial charge in [0.1, 0.15) is 0 Å². The molecule has 1 fully saturated rings. The van der Waals surface area contributed by atoms with Crippen molar-refractivity contribution in [2.75, 3.05) is 6.26 Å². The number of nitrogens with two attached hydrogens (primary N) is 1. The van der Waals surface area contributed by atoms with E-state index in [1.165, 1.54) is 0 Å². The van der Waals surface area contributed by atoms with Crippen LogP contribution in [0.4, 0.5) is 0 Å². The molecular formula is C10H15N3OS3. The third-order valence-electron chi connectivity index (χ3n) is 2.72. The Hall–Kier alpha value is -0.240. The van der Waals surface area contributed by atoms with Crippen molar-refractivity contribution in [1.82, 2.24) is 10.4 Å². The number of thioether (sulfide) groups is 2. The lowest BCUT2D eigenvalue weighted by Gasteiger charge is -2.12. The number of carbonyl (C=O) groups is 1. The molecule has 1 aliphatic heterocycles. The van der Waals surface area contributed by atoms with E-state index < -0.39 is 0 Å². The Kier molecular flexibility index (Phi) is 4.35. The number of hydrogen-bond donors (Lipinski definition) is 2. The Labute approximate surface area is 113 Å². The molecule has 0 aliphatic carbocycles. The van der Waals surface area contributed by atoms with Crippen LogP contribution in [0.15, 0.2) is 5.38 Å². The summed E-state index contributed by atoms with van der Waals surface area (Å²) in [6.45, 7) is 2.00. The number of rotatable bonds is 3. The molecule has 1 amide bonds. The maximum absolute atomic E-state index is 11.6. The van der Waals surface area contributed by atoms with Crippen LogP contribution in [-0.2, 0) is 4.79 Å². The van der Waals surface area contributed by atoms with Crippen molar-refractivity contribution in [2.24, 2.45) is 5.84 Å². The number of aryl methyl sites for hydroxylation is 1. The van der Waals surface area contributed by atoms with Crippen LogP contribution in [0.3, 0.4) is 0 Å². The first-order valence-electron chi connectivity index (χ1n) is 5.26. The first-order valence-corrected chi connectivity index (χ1v) is 8.37. The number of hydrogen-bond acceptors (Lipinski definition) is 6. The van der Waals surface area contributed by atoms with Crippen molar-refractivity contribution in [3.05, 3.63) is 16.1 Å². The summed E-state index contributed by atoms with van der Waals surface area (Å²) in [5.74, 6) is 5.47. The summed E-state index contributed by atoms with van der Waals surface area (Å²) in [5, 5.41) is 3.15. The van der Waals surface area contributed by atoms with Crippen LogP contribution in [-0.4, -0.2) is 27.0 Å². The monoisotopic (exact) mass is 289 g/mol. The van der Waals surface area contributed by atoms with Crippen molar-refractivity contribution >= 4 is 40.8 Å². The Bertz CT molecular complexity index is 409. The van der Waals surface area contributed by atoms with E-state index in [2.05, 4.69) is 22.0 Å². The molecule has 0 spiro atoms. The average Bonchev–Trinajstić information content (AvgIpc) is 2.93. The minimum absolute atomic E-state index is 0.0494. The number of nitrogens with zero attached hydrogens (tertiary/aromatic N) is 1. The number of carbonyl (C=O) groups excluding carboxylic acids is 1. The summed E-state index contributed by atoms with van der Waals surface area (Å²) < 4.78 is 0.392. The molecule has 0 saturated carbocycles. The van der Waals surface area contributed by atoms with Gasteiger partial charge in [0, 0.05) is 17.0 Å². The van der Waals surface area contributed by atoms with Crippen molar-refractivity contribution < 1.29 is 4.79 Å². The predicted octanol–water partition coefficient (Wildman–Crippen LogP) is 1.72. The molecule has 17 heavy (non-hydrogen) atoms. The molecule has 94 valence electrons. The normalized spacial score (nSPS) is 28.3. The molecule has 1 aromatic rings. The van der Waals surface area contributed by atoms with Crippen molar-refractivity contribution in [3.63, 3.8) is 0 Å². The molecule has 2 rings (SSSR count). The lowest BCUT2D eigenvalue weighted by atomic mass is 10.1. The van der Waals surface area contributed by atoms with Crippen LogP contribution in [0.5, 0.6) is 0 Å². The highest BCUT2D eigenvalue weighted by atomic mass is 32.2. The molecule has 3 atom stereocenters. The zero-order chi connectivity index (χ0) is 12.4. The molecule has 4 nitrogen and oxygen atoms in total. The zero-order valence-corrected chi connectivity index (χ0v) is 12.1. The molecule has 3 N–H and O–H groups in total. The average molecular weight is 289 g/mol. The molecule has 1 aromatic heterocycles. The fourth-order valence-corrected chi connectivity index (χ4v) is 5.69. The highest BCUT2D eigenvalue weighted by molar-refractivity contribution is 8.17. The summed E-state index contributed by atoms with van der Waals surface area (Å²) in [5.41, 5.74) is 3.30. The predicted molar refractivity (Wildman–Crippen MR) is 75.2 cm³/mol. The SMILES string of the molecule is CSC1SC(C(=O)NN)CC1c1nc(C)cs1. The molecule has 2 heterocycles. The lowest BCUT2D eigenvalue weighted by molar-refractivity contribution is -0.120. The lowest BCUT2D eigenvalue weighted by Crippen LogP contribution is -2.36. The van der Waals surface area contributed by atoms with Crippen LogP contribution in [0.25, 0.3) is 0 Å². The smallest absolute Gasteiger partial charge is 0.247 e. The number of hydrazine groups is 1. The Balaban J connectivity index is 2.14. The van der Waals surface area contributed by atoms with E-state index in [0.29, 0.717) is 10.5 Å². The number of nitrogens with one attached hydrogen (secondary N) is 1. The van der Waals surface area contributed by atoms with Crippen LogP contribution in [0.2, 0.25) is 0 Å². The van der Waals surface area contributed by atoms with Gasteiger partial charge in [0.15, 0.2) is 0 Å². The standard InChI is InChI=1S/C10H15N3OS3/c1-5-4-16-9(12-5)6-3-7(8(14)13-11)17-10(6)15-2/h4,6-7,10H,3,11H2,1-2H3,(H,13,14). The van der Waals surface area contributed by atoms with Gasteiger partial charge in [-0.05, 0) is 19.6 Å². The van der Waals surface area contributed by atoms with Gasteiger partial charge in [-0.3, -0.25) is 10.2 Å². The molecule has 3 unspecified atom stereocenters. The molecule has 0 radical (unpaired) electrons. The second-order valence-electron chi connectivity index (χ2n) is 3.91. The largest absolute Gasteiger partial charge is 0.293 e. The first-order chi connectivity index (χ1) is 8.15. The van der Waals surface area contributed by atoms with Crippen molar-refractivity contribution in [3.8, 4) is 0 Å². The first kappa shape index (κ1) is 13.2. The van der Waals surface area contributed by atoms with Gasteiger partial charge in [0.25, 0.3) is 0 Å². The van der Waals surface area contributed by atoms with Gasteiger partial charge >= 0.3 is 0 Å². The molecule has 1 aliphatic rings. The maximum Gasteiger partial charge on any atom is 0.247 e. The van der Waals surface area contributed by atoms with E-state index in [4.69, 9.17) is 5.84 Å². The highest BCUT2D eigenvalue weighted by Crippen LogP contribution is 2.49. The van der Waals surface area contributed by atoms with E-state index in [-0.39, 0.29) is 11.2 Å². The minimum Gasteiger partial charge on any atom is -0.293 e. The van der Waals surface area contributed by atoms with Crippen LogP contribution in [0.1, 0.15) is 23.0 Å². The fourth-order valence-electron chi connectivity index (χ4n) is 1.90. The maximum atomic E-state index is 11.6. The molecule has 0 aromatic carbocycles. The van der Waals surface area contributed by atoms with Crippen molar-refractivity contribution in [2.45, 2.75) is 29.1 Å². The van der Waals surface area contributed by atoms with Gasteiger partial charge in [0.05, 0.1) is 14.8 Å². The van der Waals surface area contributed by atoms with Gasteiger partial charge in [-0.15, -0.1) is 23.1 Å². The minimum atomic E-state index is -0.0789. The molecule has 7 heteroatoms. The molecule has 0 bridgehead atoms. The summed E-state index contributed by atoms with van der Waals surface area (Å²) in [6.07, 6.45) is 2.90. The topological polar surface area (TPSA) is 68.0 Å². The number of amides is 1. The summed E-state index contributed by atoms with van der Waals surface area (Å²) in [6, 6.07) is 0. The number of thiazole rings is 1. The third kappa shape index (κ3) is 2.78. The summed E-state index contributed by atoms with van der Waals surface area (Å²) >= 11 is 5.16. The van der Waals surface area contributed by atoms with E-state index in [1.54, 1.807) is 34.9 Å². The Morgan fingerprint density at radius 3 is 3.00 bits per heavy atom. The molecular weight excluding hydrogens is 274 g/mol. The van der Waals surface area contributed by atoms with Crippen LogP contribution < -0.4 is 11.3 Å². The third-order valence-corrected chi connectivity index (χ3v) is 6.85. The number of aromatic nitrogens is 1. The van der Waals surface area contributed by atoms with E-state index in [1.807, 2.05) is 6.92 Å². The fraction of sp³-hybridized carbons (Fsp3) is 0.600. The Morgan fingerprint density at radius 1 is 1.71 bits per heavy atom. The highest BCUT2D eigenvalue weighted by Gasteiger charge is 2.40. The van der Waals surface area contributed by atoms with Crippen molar-refractivity contribution in [1.29, 1.82) is 0 Å². The van der Waals surface area contributed by atoms with E-state index in [9.17, 15) is 4.79 Å². The molecule has 1 saturated heterocycles. The summed E-state index contributed by atoms with van der Waals surface area (Å²) in [4.78, 5) is 16.1. The van der Waals surface area contributed by atoms with Gasteiger partial charge in [-0.2, -0.15) is 11.8 Å². The van der Waals surface area contributed by atoms with Crippen LogP contribution >= 0.6 is 34.9 Å².